The predicted molar refractivity (Wildman–Crippen MR) is 113 cm³/mol. The largest absolute Gasteiger partial charge is 0.479 e. The number of carbonyl (C=O) groups is 1. The van der Waals surface area contributed by atoms with Crippen LogP contribution in [0.1, 0.15) is 49.7 Å². The molecule has 3 aliphatic carbocycles. The topological polar surface area (TPSA) is 157 Å². The first-order chi connectivity index (χ1) is 15.6. The van der Waals surface area contributed by atoms with Gasteiger partial charge >= 0.3 is 5.97 Å². The molecule has 0 unspecified atom stereocenters. The van der Waals surface area contributed by atoms with E-state index in [2.05, 4.69) is 6.92 Å². The van der Waals surface area contributed by atoms with Crippen LogP contribution >= 0.6 is 0 Å². The van der Waals surface area contributed by atoms with Gasteiger partial charge < -0.3 is 40.1 Å². The molecule has 1 aliphatic heterocycles. The molecule has 182 valence electrons. The first-order valence-corrected chi connectivity index (χ1v) is 11.7. The predicted octanol–water partition coefficient (Wildman–Crippen LogP) is 0.145. The fourth-order valence-electron chi connectivity index (χ4n) is 6.90. The number of rotatable bonds is 3. The van der Waals surface area contributed by atoms with Gasteiger partial charge in [-0.2, -0.15) is 0 Å². The molecule has 1 heterocycles. The van der Waals surface area contributed by atoms with Crippen molar-refractivity contribution in [2.75, 3.05) is 0 Å². The van der Waals surface area contributed by atoms with Crippen molar-refractivity contribution < 1.29 is 44.9 Å². The molecule has 0 bridgehead atoms. The molecule has 6 N–H and O–H groups in total. The molecule has 0 amide bonds. The van der Waals surface area contributed by atoms with Crippen molar-refractivity contribution in [2.45, 2.75) is 87.9 Å². The van der Waals surface area contributed by atoms with E-state index in [0.29, 0.717) is 24.0 Å². The lowest BCUT2D eigenvalue weighted by Gasteiger charge is -2.50. The van der Waals surface area contributed by atoms with Gasteiger partial charge in [-0.3, -0.25) is 0 Å². The summed E-state index contributed by atoms with van der Waals surface area (Å²) >= 11 is 0. The second kappa shape index (κ2) is 8.18. The average Bonchev–Trinajstić information content (AvgIpc) is 3.02. The molecular formula is C24H32O9. The molecular weight excluding hydrogens is 432 g/mol. The summed E-state index contributed by atoms with van der Waals surface area (Å²) in [5, 5.41) is 60.2. The molecule has 9 heteroatoms. The number of fused-ring (bicyclic) bond motifs is 5. The van der Waals surface area contributed by atoms with Crippen molar-refractivity contribution >= 4 is 5.97 Å². The van der Waals surface area contributed by atoms with Crippen LogP contribution in [-0.2, 0) is 16.0 Å². The molecule has 4 aliphatic rings. The molecule has 1 aromatic rings. The van der Waals surface area contributed by atoms with Crippen molar-refractivity contribution in [3.8, 4) is 5.75 Å². The van der Waals surface area contributed by atoms with E-state index in [0.717, 1.165) is 31.2 Å². The second-order valence-electron chi connectivity index (χ2n) is 10.4. The lowest BCUT2D eigenvalue weighted by Crippen LogP contribution is -2.61. The van der Waals surface area contributed by atoms with Crippen LogP contribution in [0.4, 0.5) is 0 Å². The Bertz CT molecular complexity index is 921. The highest BCUT2D eigenvalue weighted by Gasteiger charge is 2.57. The van der Waals surface area contributed by atoms with Crippen molar-refractivity contribution in [2.24, 2.45) is 17.3 Å². The summed E-state index contributed by atoms with van der Waals surface area (Å²) in [6, 6.07) is 5.60. The van der Waals surface area contributed by atoms with Crippen molar-refractivity contribution in [1.82, 2.24) is 0 Å². The summed E-state index contributed by atoms with van der Waals surface area (Å²) < 4.78 is 10.9. The smallest absolute Gasteiger partial charge is 0.335 e. The minimum atomic E-state index is -1.76. The number of benzene rings is 1. The number of hydrogen-bond donors (Lipinski definition) is 6. The van der Waals surface area contributed by atoms with Crippen LogP contribution < -0.4 is 4.74 Å². The number of aliphatic hydroxyl groups is 5. The van der Waals surface area contributed by atoms with Crippen LogP contribution in [0.3, 0.4) is 0 Å². The van der Waals surface area contributed by atoms with Crippen LogP contribution in [-0.4, -0.2) is 79.5 Å². The van der Waals surface area contributed by atoms with Crippen LogP contribution in [0.2, 0.25) is 0 Å². The van der Waals surface area contributed by atoms with E-state index in [4.69, 9.17) is 9.47 Å². The lowest BCUT2D eigenvalue weighted by atomic mass is 9.55. The zero-order chi connectivity index (χ0) is 23.7. The third-order valence-electron chi connectivity index (χ3n) is 8.74. The molecule has 1 saturated heterocycles. The highest BCUT2D eigenvalue weighted by Crippen LogP contribution is 2.61. The zero-order valence-corrected chi connectivity index (χ0v) is 18.4. The van der Waals surface area contributed by atoms with Crippen molar-refractivity contribution in [1.29, 1.82) is 0 Å². The standard InChI is InChI=1S/C24H32O9/c1-24-7-6-13-12-5-3-11(32-23-19(28)17(26)18(27)20(33-23)22(30)31)8-10(12)2-4-14(13)15(24)9-16(25)21(24)29/h3,5,8,13-21,23,25-29H,2,4,6-7,9H2,1H3,(H,30,31)/t13-,14-,15-,16+,17+,18+,19-,20+,21-,23-,24-/m0/s1. The number of ether oxygens (including phenoxy) is 2. The Balaban J connectivity index is 1.34. The number of hydrogen-bond acceptors (Lipinski definition) is 8. The van der Waals surface area contributed by atoms with E-state index in [-0.39, 0.29) is 11.3 Å². The normalized spacial score (nSPS) is 46.7. The number of carboxylic acids is 1. The van der Waals surface area contributed by atoms with Crippen LogP contribution in [0, 0.1) is 17.3 Å². The SMILES string of the molecule is C[C@]12CC[C@H]3c4ccc(O[C@H]5O[C@@H](C(=O)O)[C@H](O)[C@@H](O)[C@@H]5O)cc4CC[C@@H]3[C@@H]1C[C@@H](O)[C@@H]2O. The molecule has 1 aromatic carbocycles. The molecule has 9 nitrogen and oxygen atoms in total. The van der Waals surface area contributed by atoms with E-state index in [1.54, 1.807) is 6.07 Å². The highest BCUT2D eigenvalue weighted by molar-refractivity contribution is 5.73. The Morgan fingerprint density at radius 1 is 1.09 bits per heavy atom. The first-order valence-electron chi connectivity index (χ1n) is 11.7. The summed E-state index contributed by atoms with van der Waals surface area (Å²) in [7, 11) is 0. The summed E-state index contributed by atoms with van der Waals surface area (Å²) in [5.41, 5.74) is 2.08. The molecule has 3 fully saturated rings. The quantitative estimate of drug-likeness (QED) is 0.366. The summed E-state index contributed by atoms with van der Waals surface area (Å²) in [4.78, 5) is 11.3. The maximum Gasteiger partial charge on any atom is 0.335 e. The minimum Gasteiger partial charge on any atom is -0.479 e. The second-order valence-corrected chi connectivity index (χ2v) is 10.4. The number of aryl methyl sites for hydroxylation is 1. The van der Waals surface area contributed by atoms with Gasteiger partial charge in [0.1, 0.15) is 24.1 Å². The van der Waals surface area contributed by atoms with Gasteiger partial charge in [-0.15, -0.1) is 0 Å². The van der Waals surface area contributed by atoms with Gasteiger partial charge in [0.05, 0.1) is 12.2 Å². The monoisotopic (exact) mass is 464 g/mol. The number of aliphatic carboxylic acids is 1. The molecule has 11 atom stereocenters. The Labute approximate surface area is 191 Å². The van der Waals surface area contributed by atoms with Crippen molar-refractivity contribution in [3.63, 3.8) is 0 Å². The van der Waals surface area contributed by atoms with Gasteiger partial charge in [-0.05, 0) is 78.5 Å². The summed E-state index contributed by atoms with van der Waals surface area (Å²) in [6.45, 7) is 2.10. The lowest BCUT2D eigenvalue weighted by molar-refractivity contribution is -0.271. The number of aliphatic hydroxyl groups excluding tert-OH is 5. The first kappa shape index (κ1) is 23.0. The third-order valence-corrected chi connectivity index (χ3v) is 8.74. The average molecular weight is 465 g/mol. The fourth-order valence-corrected chi connectivity index (χ4v) is 6.90. The molecule has 0 radical (unpaired) electrons. The maximum absolute atomic E-state index is 11.3. The Kier molecular flexibility index (Phi) is 5.70. The summed E-state index contributed by atoms with van der Waals surface area (Å²) in [6.07, 6.45) is -5.40. The Morgan fingerprint density at radius 3 is 2.58 bits per heavy atom. The third kappa shape index (κ3) is 3.57. The van der Waals surface area contributed by atoms with E-state index in [1.807, 2.05) is 12.1 Å². The summed E-state index contributed by atoms with van der Waals surface area (Å²) in [5.74, 6) is -0.0622. The van der Waals surface area contributed by atoms with Crippen LogP contribution in [0.5, 0.6) is 5.75 Å². The van der Waals surface area contributed by atoms with Gasteiger partial charge in [0.25, 0.3) is 0 Å². The minimum absolute atomic E-state index is 0.248. The fraction of sp³-hybridized carbons (Fsp3) is 0.708. The molecule has 5 rings (SSSR count). The zero-order valence-electron chi connectivity index (χ0n) is 18.4. The van der Waals surface area contributed by atoms with Gasteiger partial charge in [-0.1, -0.05) is 13.0 Å². The van der Waals surface area contributed by atoms with Gasteiger partial charge in [-0.25, -0.2) is 4.79 Å². The maximum atomic E-state index is 11.3. The Morgan fingerprint density at radius 2 is 1.85 bits per heavy atom. The van der Waals surface area contributed by atoms with Crippen LogP contribution in [0.15, 0.2) is 18.2 Å². The Hall–Kier alpha value is -1.75. The molecule has 33 heavy (non-hydrogen) atoms. The highest BCUT2D eigenvalue weighted by atomic mass is 16.7. The van der Waals surface area contributed by atoms with E-state index < -0.39 is 48.9 Å². The van der Waals surface area contributed by atoms with E-state index in [1.165, 1.54) is 5.56 Å². The molecule has 0 aromatic heterocycles. The van der Waals surface area contributed by atoms with Gasteiger partial charge in [0, 0.05) is 0 Å². The van der Waals surface area contributed by atoms with Crippen LogP contribution in [0.25, 0.3) is 0 Å². The molecule has 0 spiro atoms. The number of carboxylic acid groups (broad SMARTS) is 1. The van der Waals surface area contributed by atoms with E-state index in [9.17, 15) is 35.4 Å². The van der Waals surface area contributed by atoms with E-state index >= 15 is 0 Å². The van der Waals surface area contributed by atoms with Gasteiger partial charge in [0.15, 0.2) is 6.10 Å². The van der Waals surface area contributed by atoms with Gasteiger partial charge in [0.2, 0.25) is 6.29 Å². The van der Waals surface area contributed by atoms with Crippen molar-refractivity contribution in [3.05, 3.63) is 29.3 Å². The molecule has 2 saturated carbocycles.